The molecule has 2 rings (SSSR count). The number of carbonyl (C=O) groups is 1. The number of para-hydroxylation sites is 1. The molecule has 7 nitrogen and oxygen atoms in total. The van der Waals surface area contributed by atoms with Gasteiger partial charge >= 0.3 is 11.7 Å². The Balaban J connectivity index is 2.19. The highest BCUT2D eigenvalue weighted by Crippen LogP contribution is 2.31. The Morgan fingerprint density at radius 2 is 2.30 bits per heavy atom. The number of hydrogen-bond donors (Lipinski definition) is 1. The van der Waals surface area contributed by atoms with E-state index in [2.05, 4.69) is 0 Å². The van der Waals surface area contributed by atoms with Crippen molar-refractivity contribution >= 4 is 11.7 Å². The summed E-state index contributed by atoms with van der Waals surface area (Å²) in [6.45, 7) is 0.752. The minimum Gasteiger partial charge on any atom is -0.483 e. The van der Waals surface area contributed by atoms with E-state index in [-0.39, 0.29) is 29.7 Å². The third kappa shape index (κ3) is 3.24. The van der Waals surface area contributed by atoms with Gasteiger partial charge in [0.1, 0.15) is 12.2 Å². The van der Waals surface area contributed by atoms with Gasteiger partial charge in [-0.3, -0.25) is 10.1 Å². The van der Waals surface area contributed by atoms with Crippen LogP contribution in [0.25, 0.3) is 0 Å². The number of hydrogen-bond acceptors (Lipinski definition) is 5. The number of benzene rings is 1. The van der Waals surface area contributed by atoms with E-state index in [9.17, 15) is 14.9 Å². The van der Waals surface area contributed by atoms with E-state index >= 15 is 0 Å². The molecule has 1 aromatic carbocycles. The Bertz CT molecular complexity index is 477. The smallest absolute Gasteiger partial charge is 0.339 e. The Kier molecular flexibility index (Phi) is 4.52. The Morgan fingerprint density at radius 3 is 2.90 bits per heavy atom. The van der Waals surface area contributed by atoms with Gasteiger partial charge in [0.25, 0.3) is 0 Å². The van der Waals surface area contributed by atoms with Crippen molar-refractivity contribution in [1.82, 2.24) is 0 Å². The molecule has 0 bridgehead atoms. The van der Waals surface area contributed by atoms with Gasteiger partial charge < -0.3 is 14.6 Å². The summed E-state index contributed by atoms with van der Waals surface area (Å²) in [5, 5.41) is 20.0. The van der Waals surface area contributed by atoms with Gasteiger partial charge in [0.15, 0.2) is 0 Å². The number of nitro groups is 1. The molecule has 108 valence electrons. The molecule has 1 atom stereocenters. The summed E-state index contributed by atoms with van der Waals surface area (Å²) < 4.78 is 10.8. The van der Waals surface area contributed by atoms with Crippen molar-refractivity contribution in [3.8, 4) is 5.75 Å². The number of rotatable bonds is 5. The van der Waals surface area contributed by atoms with Crippen molar-refractivity contribution in [2.24, 2.45) is 0 Å². The average Bonchev–Trinajstić information content (AvgIpc) is 2.45. The van der Waals surface area contributed by atoms with Crippen LogP contribution in [0.3, 0.4) is 0 Å². The summed E-state index contributed by atoms with van der Waals surface area (Å²) in [7, 11) is 0. The first-order chi connectivity index (χ1) is 9.59. The van der Waals surface area contributed by atoms with Crippen molar-refractivity contribution in [2.45, 2.75) is 25.4 Å². The molecule has 0 radical (unpaired) electrons. The van der Waals surface area contributed by atoms with Crippen LogP contribution in [0.2, 0.25) is 0 Å². The maximum Gasteiger partial charge on any atom is 0.339 e. The third-order valence-corrected chi connectivity index (χ3v) is 3.11. The van der Waals surface area contributed by atoms with Gasteiger partial charge in [-0.1, -0.05) is 6.07 Å². The fourth-order valence-electron chi connectivity index (χ4n) is 2.10. The van der Waals surface area contributed by atoms with E-state index in [0.717, 1.165) is 19.3 Å². The maximum atomic E-state index is 11.1. The Morgan fingerprint density at radius 1 is 1.50 bits per heavy atom. The molecule has 7 heteroatoms. The summed E-state index contributed by atoms with van der Waals surface area (Å²) >= 11 is 0. The van der Waals surface area contributed by atoms with Crippen molar-refractivity contribution in [3.05, 3.63) is 33.9 Å². The SMILES string of the molecule is O=C(O)c1cccc([N+](=O)[O-])c1OCC1CCCCO1. The fourth-order valence-corrected chi connectivity index (χ4v) is 2.10. The number of carboxylic acid groups (broad SMARTS) is 1. The molecule has 1 unspecified atom stereocenters. The van der Waals surface area contributed by atoms with Crippen LogP contribution in [0.15, 0.2) is 18.2 Å². The predicted molar refractivity (Wildman–Crippen MR) is 69.1 cm³/mol. The van der Waals surface area contributed by atoms with Gasteiger partial charge in [-0.25, -0.2) is 4.79 Å². The van der Waals surface area contributed by atoms with E-state index in [1.165, 1.54) is 18.2 Å². The largest absolute Gasteiger partial charge is 0.483 e. The molecule has 1 N–H and O–H groups in total. The average molecular weight is 281 g/mol. The van der Waals surface area contributed by atoms with E-state index < -0.39 is 10.9 Å². The second-order valence-corrected chi connectivity index (χ2v) is 4.52. The zero-order valence-electron chi connectivity index (χ0n) is 10.8. The van der Waals surface area contributed by atoms with Crippen molar-refractivity contribution in [3.63, 3.8) is 0 Å². The van der Waals surface area contributed by atoms with Crippen LogP contribution in [-0.2, 0) is 4.74 Å². The molecule has 1 aromatic rings. The molecule has 0 saturated carbocycles. The first-order valence-electron chi connectivity index (χ1n) is 6.34. The molecule has 0 aromatic heterocycles. The highest BCUT2D eigenvalue weighted by molar-refractivity contribution is 5.92. The quantitative estimate of drug-likeness (QED) is 0.656. The normalized spacial score (nSPS) is 18.5. The molecule has 1 aliphatic rings. The second kappa shape index (κ2) is 6.33. The van der Waals surface area contributed by atoms with Crippen LogP contribution in [0.1, 0.15) is 29.6 Å². The first-order valence-corrected chi connectivity index (χ1v) is 6.34. The summed E-state index contributed by atoms with van der Waals surface area (Å²) in [6.07, 6.45) is 2.66. The van der Waals surface area contributed by atoms with Gasteiger partial charge in [-0.05, 0) is 25.3 Å². The molecular formula is C13H15NO6. The Hall–Kier alpha value is -2.15. The minimum atomic E-state index is -1.26. The summed E-state index contributed by atoms with van der Waals surface area (Å²) in [6, 6.07) is 3.83. The van der Waals surface area contributed by atoms with E-state index in [1.54, 1.807) is 0 Å². The standard InChI is InChI=1S/C13H15NO6/c15-13(16)10-5-3-6-11(14(17)18)12(10)20-8-9-4-1-2-7-19-9/h3,5-6,9H,1-2,4,7-8H2,(H,15,16). The zero-order chi connectivity index (χ0) is 14.5. The van der Waals surface area contributed by atoms with Gasteiger partial charge in [0.2, 0.25) is 5.75 Å². The molecular weight excluding hydrogens is 266 g/mol. The molecule has 1 fully saturated rings. The van der Waals surface area contributed by atoms with Crippen LogP contribution in [0, 0.1) is 10.1 Å². The van der Waals surface area contributed by atoms with Crippen LogP contribution in [0.4, 0.5) is 5.69 Å². The highest BCUT2D eigenvalue weighted by Gasteiger charge is 2.24. The lowest BCUT2D eigenvalue weighted by atomic mass is 10.1. The lowest BCUT2D eigenvalue weighted by Gasteiger charge is -2.22. The van der Waals surface area contributed by atoms with Gasteiger partial charge in [0, 0.05) is 12.7 Å². The van der Waals surface area contributed by atoms with Crippen molar-refractivity contribution in [1.29, 1.82) is 0 Å². The number of ether oxygens (including phenoxy) is 2. The molecule has 0 spiro atoms. The van der Waals surface area contributed by atoms with Gasteiger partial charge in [-0.15, -0.1) is 0 Å². The monoisotopic (exact) mass is 281 g/mol. The molecule has 1 saturated heterocycles. The fraction of sp³-hybridized carbons (Fsp3) is 0.462. The maximum absolute atomic E-state index is 11.1. The molecule has 20 heavy (non-hydrogen) atoms. The van der Waals surface area contributed by atoms with Crippen LogP contribution in [0.5, 0.6) is 5.75 Å². The predicted octanol–water partition coefficient (Wildman–Crippen LogP) is 2.24. The number of nitro benzene ring substituents is 1. The van der Waals surface area contributed by atoms with Crippen LogP contribution in [-0.4, -0.2) is 35.3 Å². The number of carboxylic acids is 1. The van der Waals surface area contributed by atoms with Gasteiger partial charge in [-0.2, -0.15) is 0 Å². The summed E-state index contributed by atoms with van der Waals surface area (Å²) in [5.41, 5.74) is -0.560. The van der Waals surface area contributed by atoms with Gasteiger partial charge in [0.05, 0.1) is 11.0 Å². The third-order valence-electron chi connectivity index (χ3n) is 3.11. The summed E-state index contributed by atoms with van der Waals surface area (Å²) in [4.78, 5) is 21.4. The molecule has 0 aliphatic carbocycles. The number of nitrogens with zero attached hydrogens (tertiary/aromatic N) is 1. The van der Waals surface area contributed by atoms with E-state index in [1.807, 2.05) is 0 Å². The van der Waals surface area contributed by atoms with Crippen molar-refractivity contribution in [2.75, 3.05) is 13.2 Å². The van der Waals surface area contributed by atoms with Crippen LogP contribution >= 0.6 is 0 Å². The number of aromatic carboxylic acids is 1. The minimum absolute atomic E-state index is 0.116. The summed E-state index contributed by atoms with van der Waals surface area (Å²) in [5.74, 6) is -1.47. The van der Waals surface area contributed by atoms with E-state index in [0.29, 0.717) is 6.61 Å². The lowest BCUT2D eigenvalue weighted by Crippen LogP contribution is -2.26. The molecule has 0 amide bonds. The second-order valence-electron chi connectivity index (χ2n) is 4.52. The topological polar surface area (TPSA) is 98.9 Å². The zero-order valence-corrected chi connectivity index (χ0v) is 10.8. The van der Waals surface area contributed by atoms with Crippen molar-refractivity contribution < 1.29 is 24.3 Å². The first kappa shape index (κ1) is 14.3. The highest BCUT2D eigenvalue weighted by atomic mass is 16.6. The Labute approximate surface area is 115 Å². The van der Waals surface area contributed by atoms with Crippen LogP contribution < -0.4 is 4.74 Å². The molecule has 1 aliphatic heterocycles. The van der Waals surface area contributed by atoms with E-state index in [4.69, 9.17) is 14.6 Å². The lowest BCUT2D eigenvalue weighted by molar-refractivity contribution is -0.386. The molecule has 1 heterocycles.